The summed E-state index contributed by atoms with van der Waals surface area (Å²) < 4.78 is 19.9. The summed E-state index contributed by atoms with van der Waals surface area (Å²) in [5.41, 5.74) is 1.86. The summed E-state index contributed by atoms with van der Waals surface area (Å²) >= 11 is 6.03. The molecule has 1 aliphatic carbocycles. The molecular weight excluding hydrogens is 335 g/mol. The molecule has 0 atom stereocenters. The van der Waals surface area contributed by atoms with E-state index in [1.54, 1.807) is 12.3 Å². The van der Waals surface area contributed by atoms with Gasteiger partial charge in [-0.2, -0.15) is 9.61 Å². The van der Waals surface area contributed by atoms with E-state index in [9.17, 15) is 9.18 Å². The fraction of sp³-hybridized carbons (Fsp3) is 0.188. The van der Waals surface area contributed by atoms with E-state index in [-0.39, 0.29) is 16.7 Å². The van der Waals surface area contributed by atoms with E-state index in [0.717, 1.165) is 18.4 Å². The molecule has 1 N–H and O–H groups in total. The van der Waals surface area contributed by atoms with Crippen LogP contribution in [0, 0.1) is 5.82 Å². The van der Waals surface area contributed by atoms with Gasteiger partial charge in [-0.05, 0) is 37.0 Å². The average molecular weight is 347 g/mol. The van der Waals surface area contributed by atoms with Crippen LogP contribution < -0.4 is 10.1 Å². The Labute approximate surface area is 141 Å². The molecule has 1 aliphatic rings. The number of fused-ring (bicyclic) bond motifs is 1. The van der Waals surface area contributed by atoms with Crippen LogP contribution in [0.25, 0.3) is 5.65 Å². The predicted molar refractivity (Wildman–Crippen MR) is 86.0 cm³/mol. The van der Waals surface area contributed by atoms with Gasteiger partial charge in [0.05, 0.1) is 6.20 Å². The molecule has 0 bridgehead atoms. The van der Waals surface area contributed by atoms with E-state index in [1.165, 1.54) is 28.8 Å². The van der Waals surface area contributed by atoms with Gasteiger partial charge in [0.15, 0.2) is 5.65 Å². The summed E-state index contributed by atoms with van der Waals surface area (Å²) in [5.74, 6) is 0.122. The molecule has 0 saturated heterocycles. The van der Waals surface area contributed by atoms with E-state index >= 15 is 0 Å². The Balaban J connectivity index is 1.60. The van der Waals surface area contributed by atoms with Crippen LogP contribution in [0.3, 0.4) is 0 Å². The monoisotopic (exact) mass is 346 g/mol. The Hall–Kier alpha value is -2.67. The molecule has 1 aromatic carbocycles. The van der Waals surface area contributed by atoms with E-state index < -0.39 is 11.9 Å². The Morgan fingerprint density at radius 3 is 2.96 bits per heavy atom. The zero-order valence-electron chi connectivity index (χ0n) is 12.4. The second-order valence-electron chi connectivity index (χ2n) is 5.55. The summed E-state index contributed by atoms with van der Waals surface area (Å²) in [5, 5.41) is 6.88. The molecular formula is C16H12ClFN4O2. The van der Waals surface area contributed by atoms with Gasteiger partial charge in [-0.15, -0.1) is 0 Å². The van der Waals surface area contributed by atoms with Crippen LogP contribution in [0.2, 0.25) is 5.15 Å². The van der Waals surface area contributed by atoms with Crippen LogP contribution >= 0.6 is 11.6 Å². The summed E-state index contributed by atoms with van der Waals surface area (Å²) in [4.78, 5) is 16.3. The fourth-order valence-electron chi connectivity index (χ4n) is 2.48. The van der Waals surface area contributed by atoms with Crippen LogP contribution in [0.15, 0.2) is 36.5 Å². The molecule has 4 rings (SSSR count). The van der Waals surface area contributed by atoms with Crippen molar-refractivity contribution in [3.63, 3.8) is 0 Å². The first-order valence-electron chi connectivity index (χ1n) is 7.39. The molecule has 0 spiro atoms. The third kappa shape index (κ3) is 2.90. The second-order valence-corrected chi connectivity index (χ2v) is 5.94. The van der Waals surface area contributed by atoms with Crippen LogP contribution in [0.5, 0.6) is 5.88 Å². The third-order valence-corrected chi connectivity index (χ3v) is 3.91. The number of anilines is 1. The molecule has 0 unspecified atom stereocenters. The number of hydrogen-bond donors (Lipinski definition) is 1. The number of ether oxygens (including phenoxy) is 1. The number of rotatable bonds is 3. The van der Waals surface area contributed by atoms with Crippen molar-refractivity contribution in [2.45, 2.75) is 18.8 Å². The van der Waals surface area contributed by atoms with E-state index in [0.29, 0.717) is 11.6 Å². The van der Waals surface area contributed by atoms with Crippen molar-refractivity contribution in [3.05, 3.63) is 53.1 Å². The number of hydrogen-bond acceptors (Lipinski definition) is 4. The largest absolute Gasteiger partial charge is 0.418 e. The Morgan fingerprint density at radius 1 is 1.38 bits per heavy atom. The topological polar surface area (TPSA) is 68.5 Å². The summed E-state index contributed by atoms with van der Waals surface area (Å²) in [6, 6.07) is 6.92. The quantitative estimate of drug-likeness (QED) is 0.727. The first-order chi connectivity index (χ1) is 11.6. The molecule has 1 amide bonds. The van der Waals surface area contributed by atoms with Crippen molar-refractivity contribution in [1.29, 1.82) is 0 Å². The van der Waals surface area contributed by atoms with Gasteiger partial charge in [0.2, 0.25) is 5.88 Å². The maximum absolute atomic E-state index is 13.2. The van der Waals surface area contributed by atoms with Gasteiger partial charge in [-0.1, -0.05) is 17.7 Å². The standard InChI is InChI=1S/C16H12ClFN4O2/c17-13-7-14(22-15(21-13)12(8-19-22)9-4-5-9)24-16(23)20-11-3-1-2-10(18)6-11/h1-3,6-9H,4-5H2,(H,20,23). The highest BCUT2D eigenvalue weighted by Crippen LogP contribution is 2.42. The van der Waals surface area contributed by atoms with Crippen molar-refractivity contribution in [3.8, 4) is 5.88 Å². The Kier molecular flexibility index (Phi) is 3.57. The highest BCUT2D eigenvalue weighted by molar-refractivity contribution is 6.29. The zero-order chi connectivity index (χ0) is 16.7. The molecule has 2 heterocycles. The molecule has 122 valence electrons. The Morgan fingerprint density at radius 2 is 2.21 bits per heavy atom. The van der Waals surface area contributed by atoms with Gasteiger partial charge in [-0.25, -0.2) is 14.2 Å². The van der Waals surface area contributed by atoms with Crippen LogP contribution in [0.1, 0.15) is 24.3 Å². The number of aromatic nitrogens is 3. The number of nitrogens with one attached hydrogen (secondary N) is 1. The van der Waals surface area contributed by atoms with Crippen molar-refractivity contribution in [1.82, 2.24) is 14.6 Å². The number of amides is 1. The first-order valence-corrected chi connectivity index (χ1v) is 7.76. The molecule has 3 aromatic rings. The third-order valence-electron chi connectivity index (χ3n) is 3.72. The van der Waals surface area contributed by atoms with Gasteiger partial charge >= 0.3 is 6.09 Å². The van der Waals surface area contributed by atoms with Crippen molar-refractivity contribution in [2.75, 3.05) is 5.32 Å². The second kappa shape index (κ2) is 5.76. The van der Waals surface area contributed by atoms with Crippen molar-refractivity contribution >= 4 is 29.0 Å². The lowest BCUT2D eigenvalue weighted by Crippen LogP contribution is -2.18. The smallest absolute Gasteiger partial charge is 0.391 e. The number of benzene rings is 1. The number of halogens is 2. The molecule has 24 heavy (non-hydrogen) atoms. The highest BCUT2D eigenvalue weighted by Gasteiger charge is 2.28. The van der Waals surface area contributed by atoms with Gasteiger partial charge in [-0.3, -0.25) is 5.32 Å². The number of nitrogens with zero attached hydrogens (tertiary/aromatic N) is 3. The summed E-state index contributed by atoms with van der Waals surface area (Å²) in [6.07, 6.45) is 3.12. The maximum Gasteiger partial charge on any atom is 0.418 e. The zero-order valence-corrected chi connectivity index (χ0v) is 13.1. The number of carbonyl (C=O) groups is 1. The van der Waals surface area contributed by atoms with E-state index in [4.69, 9.17) is 16.3 Å². The van der Waals surface area contributed by atoms with Crippen LogP contribution in [-0.2, 0) is 0 Å². The van der Waals surface area contributed by atoms with Gasteiger partial charge in [0, 0.05) is 17.3 Å². The summed E-state index contributed by atoms with van der Waals surface area (Å²) in [7, 11) is 0. The van der Waals surface area contributed by atoms with E-state index in [2.05, 4.69) is 15.4 Å². The highest BCUT2D eigenvalue weighted by atomic mass is 35.5. The van der Waals surface area contributed by atoms with Crippen molar-refractivity contribution < 1.29 is 13.9 Å². The molecule has 8 heteroatoms. The molecule has 0 aliphatic heterocycles. The first kappa shape index (κ1) is 14.9. The molecule has 1 saturated carbocycles. The lowest BCUT2D eigenvalue weighted by Gasteiger charge is -2.08. The lowest BCUT2D eigenvalue weighted by atomic mass is 10.2. The lowest BCUT2D eigenvalue weighted by molar-refractivity contribution is 0.212. The molecule has 6 nitrogen and oxygen atoms in total. The van der Waals surface area contributed by atoms with E-state index in [1.807, 2.05) is 0 Å². The predicted octanol–water partition coefficient (Wildman–Crippen LogP) is 4.01. The molecule has 1 fully saturated rings. The minimum absolute atomic E-state index is 0.144. The normalized spacial score (nSPS) is 13.9. The average Bonchev–Trinajstić information content (AvgIpc) is 3.27. The fourth-order valence-corrected chi connectivity index (χ4v) is 2.66. The maximum atomic E-state index is 13.2. The SMILES string of the molecule is O=C(Nc1cccc(F)c1)Oc1cc(Cl)nc2c(C3CC3)cnn12. The minimum Gasteiger partial charge on any atom is -0.391 e. The minimum atomic E-state index is -0.771. The van der Waals surface area contributed by atoms with Gasteiger partial charge in [0.25, 0.3) is 0 Å². The van der Waals surface area contributed by atoms with Gasteiger partial charge < -0.3 is 4.74 Å². The van der Waals surface area contributed by atoms with Crippen molar-refractivity contribution in [2.24, 2.45) is 0 Å². The van der Waals surface area contributed by atoms with Crippen LogP contribution in [-0.4, -0.2) is 20.7 Å². The molecule has 2 aromatic heterocycles. The van der Waals surface area contributed by atoms with Crippen LogP contribution in [0.4, 0.5) is 14.9 Å². The Bertz CT molecular complexity index is 939. The number of carbonyl (C=O) groups excluding carboxylic acids is 1. The molecule has 0 radical (unpaired) electrons. The summed E-state index contributed by atoms with van der Waals surface area (Å²) in [6.45, 7) is 0. The van der Waals surface area contributed by atoms with Gasteiger partial charge in [0.1, 0.15) is 11.0 Å².